The molecule has 15 heteroatoms. The van der Waals surface area contributed by atoms with E-state index in [1.165, 1.54) is 64.8 Å². The van der Waals surface area contributed by atoms with Crippen LogP contribution < -0.4 is 5.32 Å². The smallest absolute Gasteiger partial charge is 0.352 e. The molecular weight excluding hydrogens is 524 g/mol. The number of ether oxygens (including phenoxy) is 1. The van der Waals surface area contributed by atoms with Gasteiger partial charge < -0.3 is 20.3 Å². The van der Waals surface area contributed by atoms with Gasteiger partial charge in [-0.3, -0.25) is 19.3 Å². The Balaban J connectivity index is 1.57. The fraction of sp³-hybridized carbons (Fsp3) is 0.368. The number of carboxylic acids is 2. The second-order valence-corrected chi connectivity index (χ2v) is 11.5. The second-order valence-electron chi connectivity index (χ2n) is 7.23. The van der Waals surface area contributed by atoms with Crippen molar-refractivity contribution in [3.8, 4) is 0 Å². The molecule has 1 fully saturated rings. The van der Waals surface area contributed by atoms with E-state index < -0.39 is 40.8 Å². The molecule has 0 bridgehead atoms. The standard InChI is InChI=1S/C19H18N4O7S4/c1-8-21-22-18(34-8)33-7-10-6-32-17-19(30-2,16(29)23(17)12(10)15(27)28)20-13(24)11(14(25)26)9-3-4-31-5-9/h3-5,11,17H,6-7H2,1-2H3,(H,20,24)(H,25,26)(H,27,28)/t11?,17-,19+/m1/s1. The molecule has 34 heavy (non-hydrogen) atoms. The average Bonchev–Trinajstić information content (AvgIpc) is 3.46. The summed E-state index contributed by atoms with van der Waals surface area (Å²) in [7, 11) is 1.21. The predicted molar refractivity (Wildman–Crippen MR) is 126 cm³/mol. The number of rotatable bonds is 9. The lowest BCUT2D eigenvalue weighted by Gasteiger charge is -2.56. The van der Waals surface area contributed by atoms with E-state index in [-0.39, 0.29) is 17.0 Å². The zero-order valence-electron chi connectivity index (χ0n) is 17.7. The van der Waals surface area contributed by atoms with Gasteiger partial charge in [-0.15, -0.1) is 22.0 Å². The minimum Gasteiger partial charge on any atom is -0.480 e. The maximum absolute atomic E-state index is 13.2. The molecule has 1 saturated heterocycles. The van der Waals surface area contributed by atoms with Crippen LogP contribution >= 0.6 is 46.2 Å². The lowest BCUT2D eigenvalue weighted by molar-refractivity contribution is -0.193. The maximum atomic E-state index is 13.2. The van der Waals surface area contributed by atoms with E-state index in [0.717, 1.165) is 9.91 Å². The van der Waals surface area contributed by atoms with Crippen LogP contribution in [0.5, 0.6) is 0 Å². The molecule has 180 valence electrons. The van der Waals surface area contributed by atoms with Crippen LogP contribution in [0.4, 0.5) is 0 Å². The van der Waals surface area contributed by atoms with Gasteiger partial charge in [0.1, 0.15) is 16.1 Å². The molecule has 0 radical (unpaired) electrons. The van der Waals surface area contributed by atoms with Gasteiger partial charge in [0.2, 0.25) is 5.91 Å². The van der Waals surface area contributed by atoms with Gasteiger partial charge in [0.25, 0.3) is 11.6 Å². The van der Waals surface area contributed by atoms with E-state index in [2.05, 4.69) is 15.5 Å². The Labute approximate surface area is 209 Å². The maximum Gasteiger partial charge on any atom is 0.352 e. The number of aromatic nitrogens is 2. The van der Waals surface area contributed by atoms with Crippen molar-refractivity contribution in [2.75, 3.05) is 18.6 Å². The minimum atomic E-state index is -1.87. The SMILES string of the molecule is CO[C@@]1(NC(=O)C(C(=O)O)c2ccsc2)C(=O)N2C(C(=O)O)=C(CSc3nnc(C)s3)CS[C@@H]21. The summed E-state index contributed by atoms with van der Waals surface area (Å²) in [5, 5.41) is 32.9. The first kappa shape index (κ1) is 24.7. The Morgan fingerprint density at radius 1 is 1.38 bits per heavy atom. The number of β-lactam (4-membered cyclic amide) rings is 1. The largest absolute Gasteiger partial charge is 0.480 e. The van der Waals surface area contributed by atoms with Crippen molar-refractivity contribution in [2.45, 2.75) is 28.3 Å². The Morgan fingerprint density at radius 3 is 2.71 bits per heavy atom. The van der Waals surface area contributed by atoms with Crippen LogP contribution in [-0.4, -0.2) is 78.8 Å². The number of hydrogen-bond acceptors (Lipinski definition) is 11. The minimum absolute atomic E-state index is 0.169. The molecule has 1 unspecified atom stereocenters. The number of aliphatic carboxylic acids is 2. The van der Waals surface area contributed by atoms with E-state index in [9.17, 15) is 29.4 Å². The molecule has 2 aromatic heterocycles. The molecule has 2 aliphatic heterocycles. The number of thioether (sulfide) groups is 2. The molecule has 0 aromatic carbocycles. The quantitative estimate of drug-likeness (QED) is 0.183. The van der Waals surface area contributed by atoms with E-state index in [4.69, 9.17) is 4.74 Å². The van der Waals surface area contributed by atoms with Crippen molar-refractivity contribution in [3.05, 3.63) is 38.7 Å². The van der Waals surface area contributed by atoms with Gasteiger partial charge in [-0.1, -0.05) is 23.1 Å². The van der Waals surface area contributed by atoms with Gasteiger partial charge >= 0.3 is 11.9 Å². The van der Waals surface area contributed by atoms with Crippen molar-refractivity contribution < 1.29 is 34.1 Å². The first-order valence-electron chi connectivity index (χ1n) is 9.65. The number of nitrogens with one attached hydrogen (secondary N) is 1. The third kappa shape index (κ3) is 4.22. The molecule has 4 heterocycles. The molecule has 2 aliphatic rings. The topological polar surface area (TPSA) is 159 Å². The van der Waals surface area contributed by atoms with Crippen molar-refractivity contribution in [1.82, 2.24) is 20.4 Å². The van der Waals surface area contributed by atoms with Crippen molar-refractivity contribution >= 4 is 70.0 Å². The highest BCUT2D eigenvalue weighted by atomic mass is 32.2. The van der Waals surface area contributed by atoms with Crippen LogP contribution in [0.3, 0.4) is 0 Å². The molecule has 2 aromatic rings. The Kier molecular flexibility index (Phi) is 7.00. The number of methoxy groups -OCH3 is 1. The second kappa shape index (κ2) is 9.65. The van der Waals surface area contributed by atoms with E-state index in [0.29, 0.717) is 15.7 Å². The molecule has 3 N–H and O–H groups in total. The monoisotopic (exact) mass is 542 g/mol. The summed E-state index contributed by atoms with van der Waals surface area (Å²) in [4.78, 5) is 51.1. The van der Waals surface area contributed by atoms with Gasteiger partial charge in [-0.05, 0) is 34.9 Å². The predicted octanol–water partition coefficient (Wildman–Crippen LogP) is 1.58. The van der Waals surface area contributed by atoms with Crippen LogP contribution in [0.2, 0.25) is 0 Å². The number of carbonyl (C=O) groups is 4. The Hall–Kier alpha value is -2.46. The summed E-state index contributed by atoms with van der Waals surface area (Å²) in [6.45, 7) is 1.81. The van der Waals surface area contributed by atoms with Gasteiger partial charge in [-0.2, -0.15) is 11.3 Å². The molecule has 0 saturated carbocycles. The molecule has 0 aliphatic carbocycles. The molecule has 11 nitrogen and oxygen atoms in total. The molecule has 4 rings (SSSR count). The highest BCUT2D eigenvalue weighted by molar-refractivity contribution is 8.01. The Morgan fingerprint density at radius 2 is 2.15 bits per heavy atom. The van der Waals surface area contributed by atoms with E-state index in [1.54, 1.807) is 5.38 Å². The highest BCUT2D eigenvalue weighted by Crippen LogP contribution is 2.47. The number of fused-ring (bicyclic) bond motifs is 1. The molecule has 3 atom stereocenters. The van der Waals surface area contributed by atoms with Gasteiger partial charge in [0.15, 0.2) is 10.3 Å². The zero-order chi connectivity index (χ0) is 24.6. The van der Waals surface area contributed by atoms with Crippen LogP contribution in [-0.2, 0) is 23.9 Å². The van der Waals surface area contributed by atoms with Crippen LogP contribution in [0.15, 0.2) is 32.4 Å². The van der Waals surface area contributed by atoms with E-state index >= 15 is 0 Å². The summed E-state index contributed by atoms with van der Waals surface area (Å²) >= 11 is 5.18. The van der Waals surface area contributed by atoms with Crippen LogP contribution in [0.25, 0.3) is 0 Å². The fourth-order valence-electron chi connectivity index (χ4n) is 3.64. The third-order valence-corrected chi connectivity index (χ3v) is 9.34. The zero-order valence-corrected chi connectivity index (χ0v) is 21.0. The summed E-state index contributed by atoms with van der Waals surface area (Å²) in [6.07, 6.45) is 0. The average molecular weight is 543 g/mol. The molecular formula is C19H18N4O7S4. The number of amides is 2. The van der Waals surface area contributed by atoms with Crippen LogP contribution in [0, 0.1) is 6.92 Å². The van der Waals surface area contributed by atoms with Gasteiger partial charge in [0, 0.05) is 18.6 Å². The van der Waals surface area contributed by atoms with E-state index in [1.807, 2.05) is 6.92 Å². The number of carboxylic acid groups (broad SMARTS) is 2. The Bertz CT molecular complexity index is 1180. The van der Waals surface area contributed by atoms with Crippen molar-refractivity contribution in [3.63, 3.8) is 0 Å². The highest BCUT2D eigenvalue weighted by Gasteiger charge is 2.67. The summed E-state index contributed by atoms with van der Waals surface area (Å²) in [6, 6.07) is 1.52. The van der Waals surface area contributed by atoms with Gasteiger partial charge in [0.05, 0.1) is 0 Å². The lowest BCUT2D eigenvalue weighted by Crippen LogP contribution is -2.81. The first-order valence-corrected chi connectivity index (χ1v) is 13.4. The first-order chi connectivity index (χ1) is 16.2. The number of carbonyl (C=O) groups excluding carboxylic acids is 2. The van der Waals surface area contributed by atoms with Gasteiger partial charge in [-0.25, -0.2) is 4.79 Å². The molecule has 0 spiro atoms. The number of hydrogen-bond donors (Lipinski definition) is 3. The lowest BCUT2D eigenvalue weighted by atomic mass is 9.95. The third-order valence-electron chi connectivity index (χ3n) is 5.21. The normalized spacial score (nSPS) is 22.7. The van der Waals surface area contributed by atoms with Crippen LogP contribution in [0.1, 0.15) is 16.5 Å². The number of aryl methyl sites for hydroxylation is 1. The summed E-state index contributed by atoms with van der Waals surface area (Å²) in [5.74, 6) is -5.32. The number of thiophene rings is 1. The summed E-state index contributed by atoms with van der Waals surface area (Å²) < 4.78 is 6.08. The fourth-order valence-corrected chi connectivity index (χ4v) is 7.72. The molecule has 2 amide bonds. The van der Waals surface area contributed by atoms with Crippen molar-refractivity contribution in [2.24, 2.45) is 0 Å². The number of nitrogens with zero attached hydrogens (tertiary/aromatic N) is 3. The van der Waals surface area contributed by atoms with Crippen molar-refractivity contribution in [1.29, 1.82) is 0 Å². The summed E-state index contributed by atoms with van der Waals surface area (Å²) in [5.41, 5.74) is -1.24.